The van der Waals surface area contributed by atoms with Gasteiger partial charge >= 0.3 is 6.09 Å². The van der Waals surface area contributed by atoms with E-state index in [0.29, 0.717) is 23.7 Å². The Morgan fingerprint density at radius 1 is 1.26 bits per heavy atom. The summed E-state index contributed by atoms with van der Waals surface area (Å²) in [7, 11) is -3.87. The first kappa shape index (κ1) is 30.7. The number of anilines is 1. The van der Waals surface area contributed by atoms with Crippen molar-refractivity contribution in [2.24, 2.45) is 21.8 Å². The predicted molar refractivity (Wildman–Crippen MR) is 157 cm³/mol. The van der Waals surface area contributed by atoms with Crippen molar-refractivity contribution in [1.82, 2.24) is 19.2 Å². The number of carbonyl (C=O) groups excluding carboxylic acids is 3. The molecule has 1 N–H and O–H groups in total. The van der Waals surface area contributed by atoms with E-state index < -0.39 is 57.6 Å². The second-order valence-electron chi connectivity index (χ2n) is 13.4. The average Bonchev–Trinajstić information content (AvgIpc) is 3.62. The fourth-order valence-electron chi connectivity index (χ4n) is 7.27. The van der Waals surface area contributed by atoms with Crippen molar-refractivity contribution in [1.29, 1.82) is 5.26 Å². The van der Waals surface area contributed by atoms with Gasteiger partial charge in [-0.3, -0.25) is 14.5 Å². The number of nitrogens with one attached hydrogen (secondary N) is 1. The second kappa shape index (κ2) is 10.8. The third kappa shape index (κ3) is 5.43. The lowest BCUT2D eigenvalue weighted by Gasteiger charge is -2.37. The number of pyridine rings is 1. The minimum Gasteiger partial charge on any atom is -0.444 e. The minimum absolute atomic E-state index is 0.0556. The lowest BCUT2D eigenvalue weighted by molar-refractivity contribution is -0.144. The predicted octanol–water partition coefficient (Wildman–Crippen LogP) is 2.56. The molecular formula is C29H39N7O6S. The highest BCUT2D eigenvalue weighted by atomic mass is 32.2. The highest BCUT2D eigenvalue weighted by molar-refractivity contribution is 7.90. The van der Waals surface area contributed by atoms with Gasteiger partial charge in [-0.25, -0.2) is 27.5 Å². The zero-order valence-corrected chi connectivity index (χ0v) is 26.1. The van der Waals surface area contributed by atoms with Crippen LogP contribution in [-0.2, 0) is 24.3 Å². The normalized spacial score (nSPS) is 28.0. The molecule has 4 atom stereocenters. The van der Waals surface area contributed by atoms with Gasteiger partial charge in [-0.15, -0.1) is 0 Å². The first-order valence-electron chi connectivity index (χ1n) is 14.6. The average molecular weight is 614 g/mol. The molecule has 14 heteroatoms. The Balaban J connectivity index is 1.29. The summed E-state index contributed by atoms with van der Waals surface area (Å²) in [5.41, 5.74) is -1.09. The number of nitrogens with zero attached hydrogens (tertiary/aromatic N) is 6. The summed E-state index contributed by atoms with van der Waals surface area (Å²) in [5.74, 6) is -0.508. The molecule has 3 amide bonds. The van der Waals surface area contributed by atoms with Crippen LogP contribution < -0.4 is 5.32 Å². The van der Waals surface area contributed by atoms with Crippen molar-refractivity contribution in [2.45, 2.75) is 78.0 Å². The maximum Gasteiger partial charge on any atom is 0.410 e. The fraction of sp³-hybridized carbons (Fsp3) is 0.655. The number of hydrogen-bond donors (Lipinski definition) is 1. The Morgan fingerprint density at radius 3 is 2.63 bits per heavy atom. The van der Waals surface area contributed by atoms with Crippen LogP contribution >= 0.6 is 0 Å². The van der Waals surface area contributed by atoms with Gasteiger partial charge < -0.3 is 10.1 Å². The molecule has 0 aromatic carbocycles. The molecule has 43 heavy (non-hydrogen) atoms. The van der Waals surface area contributed by atoms with Crippen LogP contribution in [0.5, 0.6) is 0 Å². The van der Waals surface area contributed by atoms with Crippen LogP contribution in [0.4, 0.5) is 10.6 Å². The lowest BCUT2D eigenvalue weighted by atomic mass is 9.69. The molecule has 2 bridgehead atoms. The Labute approximate surface area is 252 Å². The summed E-state index contributed by atoms with van der Waals surface area (Å²) in [5, 5.41) is 17.2. The third-order valence-corrected chi connectivity index (χ3v) is 11.5. The number of hydrogen-bond acceptors (Lipinski definition) is 10. The maximum absolute atomic E-state index is 13.9. The SMILES string of the molecule is CC(C)(C)OC(=O)N(CCNc1ccc(C#N)cn1)CC(=O)N1N=CCC1C(=O)N1C2CC3CCC2(CS1(=O)=O)C3(C)C. The molecule has 4 unspecified atom stereocenters. The second-order valence-corrected chi connectivity index (χ2v) is 15.3. The van der Waals surface area contributed by atoms with Gasteiger partial charge in [-0.2, -0.15) is 10.4 Å². The largest absolute Gasteiger partial charge is 0.444 e. The topological polar surface area (TPSA) is 165 Å². The number of rotatable bonds is 7. The van der Waals surface area contributed by atoms with E-state index in [1.807, 2.05) is 6.07 Å². The molecule has 1 aromatic heterocycles. The summed E-state index contributed by atoms with van der Waals surface area (Å²) in [6.07, 6.45) is 4.55. The van der Waals surface area contributed by atoms with Crippen LogP contribution in [0, 0.1) is 28.1 Å². The number of aromatic nitrogens is 1. The summed E-state index contributed by atoms with van der Waals surface area (Å²) < 4.78 is 33.5. The molecule has 0 radical (unpaired) electrons. The molecule has 2 aliphatic heterocycles. The first-order chi connectivity index (χ1) is 20.1. The molecule has 4 aliphatic rings. The molecule has 3 heterocycles. The number of fused-ring (bicyclic) bond motifs is 1. The Hall–Kier alpha value is -3.73. The van der Waals surface area contributed by atoms with Crippen molar-refractivity contribution in [2.75, 3.05) is 30.7 Å². The van der Waals surface area contributed by atoms with Crippen molar-refractivity contribution >= 4 is 40.0 Å². The summed E-state index contributed by atoms with van der Waals surface area (Å²) >= 11 is 0. The van der Waals surface area contributed by atoms with E-state index >= 15 is 0 Å². The van der Waals surface area contributed by atoms with Crippen LogP contribution in [0.25, 0.3) is 0 Å². The smallest absolute Gasteiger partial charge is 0.410 e. The van der Waals surface area contributed by atoms with Gasteiger partial charge in [0.1, 0.15) is 30.1 Å². The van der Waals surface area contributed by atoms with Gasteiger partial charge in [0.25, 0.3) is 11.8 Å². The van der Waals surface area contributed by atoms with Gasteiger partial charge in [0.2, 0.25) is 10.0 Å². The Bertz CT molecular complexity index is 1480. The number of sulfonamides is 1. The van der Waals surface area contributed by atoms with Gasteiger partial charge in [-0.1, -0.05) is 13.8 Å². The number of carbonyl (C=O) groups is 3. The first-order valence-corrected chi connectivity index (χ1v) is 16.2. The van der Waals surface area contributed by atoms with Crippen molar-refractivity contribution in [3.05, 3.63) is 23.9 Å². The van der Waals surface area contributed by atoms with Crippen LogP contribution in [0.3, 0.4) is 0 Å². The van der Waals surface area contributed by atoms with Crippen LogP contribution in [0.15, 0.2) is 23.4 Å². The highest BCUT2D eigenvalue weighted by Gasteiger charge is 2.72. The maximum atomic E-state index is 13.9. The van der Waals surface area contributed by atoms with E-state index in [4.69, 9.17) is 10.00 Å². The molecule has 5 rings (SSSR count). The monoisotopic (exact) mass is 613 g/mol. The van der Waals surface area contributed by atoms with Gasteiger partial charge in [0.15, 0.2) is 0 Å². The van der Waals surface area contributed by atoms with E-state index in [-0.39, 0.29) is 30.7 Å². The molecule has 2 saturated carbocycles. The molecule has 3 fully saturated rings. The number of ether oxygens (including phenoxy) is 1. The van der Waals surface area contributed by atoms with Crippen molar-refractivity contribution < 1.29 is 27.5 Å². The fourth-order valence-corrected chi connectivity index (χ4v) is 9.84. The summed E-state index contributed by atoms with van der Waals surface area (Å²) in [6, 6.07) is 3.70. The van der Waals surface area contributed by atoms with Crippen LogP contribution in [-0.4, -0.2) is 94.8 Å². The summed E-state index contributed by atoms with van der Waals surface area (Å²) in [6.45, 7) is 9.19. The molecule has 1 aromatic rings. The number of nitriles is 1. The molecule has 13 nitrogen and oxygen atoms in total. The molecule has 1 spiro atoms. The van der Waals surface area contributed by atoms with Gasteiger partial charge in [-0.05, 0) is 63.5 Å². The molecule has 2 aliphatic carbocycles. The van der Waals surface area contributed by atoms with Gasteiger partial charge in [0, 0.05) is 37.3 Å². The van der Waals surface area contributed by atoms with Crippen LogP contribution in [0.2, 0.25) is 0 Å². The van der Waals surface area contributed by atoms with E-state index in [1.54, 1.807) is 32.9 Å². The molecule has 232 valence electrons. The number of amides is 3. The van der Waals surface area contributed by atoms with Gasteiger partial charge in [0.05, 0.1) is 17.4 Å². The standard InChI is InChI=1S/C29H39N7O6S/c1-27(2,3)42-26(39)34(13-12-31-23-7-6-19(15-30)16-32-23)17-24(37)35-21(9-11-33-35)25(38)36-22-14-20-8-10-29(22,28(20,4)5)18-43(36,40)41/h6-7,11,16,20-22H,8-10,12-14,17-18H2,1-5H3,(H,31,32). The van der Waals surface area contributed by atoms with E-state index in [9.17, 15) is 22.8 Å². The van der Waals surface area contributed by atoms with Crippen LogP contribution in [0.1, 0.15) is 65.9 Å². The van der Waals surface area contributed by atoms with Crippen molar-refractivity contribution in [3.8, 4) is 6.07 Å². The Morgan fingerprint density at radius 2 is 2.00 bits per heavy atom. The zero-order valence-electron chi connectivity index (χ0n) is 25.2. The zero-order chi connectivity index (χ0) is 31.4. The number of hydrazone groups is 1. The highest BCUT2D eigenvalue weighted by Crippen LogP contribution is 2.70. The minimum atomic E-state index is -3.87. The Kier molecular flexibility index (Phi) is 7.69. The quantitative estimate of drug-likeness (QED) is 0.486. The molecular weight excluding hydrogens is 574 g/mol. The summed E-state index contributed by atoms with van der Waals surface area (Å²) in [4.78, 5) is 45.9. The van der Waals surface area contributed by atoms with E-state index in [2.05, 4.69) is 29.2 Å². The molecule has 1 saturated heterocycles. The third-order valence-electron chi connectivity index (χ3n) is 9.56. The van der Waals surface area contributed by atoms with Crippen molar-refractivity contribution in [3.63, 3.8) is 0 Å². The van der Waals surface area contributed by atoms with E-state index in [0.717, 1.165) is 22.2 Å². The lowest BCUT2D eigenvalue weighted by Crippen LogP contribution is -2.53. The van der Waals surface area contributed by atoms with E-state index in [1.165, 1.54) is 17.3 Å².